The normalized spacial score (nSPS) is 11.9. The molecule has 0 spiro atoms. The largest absolute Gasteiger partial charge is 0.0623 e. The van der Waals surface area contributed by atoms with E-state index in [9.17, 15) is 8.42 Å². The summed E-state index contributed by atoms with van der Waals surface area (Å²) < 4.78 is 31.0. The van der Waals surface area contributed by atoms with Crippen molar-refractivity contribution in [1.29, 1.82) is 0 Å². The first-order valence-corrected chi connectivity index (χ1v) is 17.0. The number of aryl methyl sites for hydroxylation is 1. The van der Waals surface area contributed by atoms with Crippen LogP contribution in [0.3, 0.4) is 0 Å². The predicted molar refractivity (Wildman–Crippen MR) is 170 cm³/mol. The van der Waals surface area contributed by atoms with Gasteiger partial charge in [-0.05, 0) is 29.3 Å². The van der Waals surface area contributed by atoms with Crippen LogP contribution in [0.1, 0.15) is 33.7 Å². The molecule has 0 amide bonds. The van der Waals surface area contributed by atoms with Crippen LogP contribution in [0.4, 0.5) is 0 Å². The zero-order valence-corrected chi connectivity index (χ0v) is 27.0. The SMILES string of the molecule is Cc1ccc(S(=O)(=O)[N-]C(c2ccccc2)C([N-]Cc2cccs2)c2ccccc2)cc1.[CH3-].[Cl][Ru+3].c1ccccc1. The summed E-state index contributed by atoms with van der Waals surface area (Å²) in [4.78, 5) is 1.31. The molecule has 0 bridgehead atoms. The Kier molecular flexibility index (Phi) is 15.8. The van der Waals surface area contributed by atoms with Gasteiger partial charge in [-0.2, -0.15) is 11.3 Å². The maximum Gasteiger partial charge on any atom is -0.0623 e. The van der Waals surface area contributed by atoms with Gasteiger partial charge in [-0.3, -0.25) is 0 Å². The molecule has 0 saturated carbocycles. The summed E-state index contributed by atoms with van der Waals surface area (Å²) in [5.41, 5.74) is 2.74. The zero-order chi connectivity index (χ0) is 28.6. The number of halogens is 1. The molecular weight excluding hydrogens is 657 g/mol. The van der Waals surface area contributed by atoms with E-state index in [0.717, 1.165) is 21.6 Å². The Balaban J connectivity index is 0.000000572. The molecule has 4 nitrogen and oxygen atoms in total. The molecular formula is C33H33ClN2O2RuS2. The molecule has 0 saturated heterocycles. The van der Waals surface area contributed by atoms with Gasteiger partial charge in [-0.15, -0.1) is 18.6 Å². The first-order valence-electron chi connectivity index (χ1n) is 12.5. The molecule has 214 valence electrons. The van der Waals surface area contributed by atoms with Crippen molar-refractivity contribution in [3.63, 3.8) is 0 Å². The fourth-order valence-corrected chi connectivity index (χ4v) is 5.66. The third-order valence-electron chi connectivity index (χ3n) is 5.84. The van der Waals surface area contributed by atoms with E-state index in [1.807, 2.05) is 139 Å². The second-order valence-corrected chi connectivity index (χ2v) is 11.3. The Labute approximate surface area is 263 Å². The molecule has 4 aromatic carbocycles. The number of hydrogen-bond donors (Lipinski definition) is 0. The van der Waals surface area contributed by atoms with Gasteiger partial charge < -0.3 is 17.5 Å². The maximum absolute atomic E-state index is 13.3. The summed E-state index contributed by atoms with van der Waals surface area (Å²) in [6, 6.07) is 41.0. The molecule has 5 rings (SSSR count). The van der Waals surface area contributed by atoms with E-state index >= 15 is 0 Å². The minimum absolute atomic E-state index is 0. The number of benzene rings is 4. The Bertz CT molecular complexity index is 1430. The standard InChI is InChI=1S/C26H24N2O2S2.C6H6.CH3.ClH.Ru/c1-20-14-16-24(17-15-20)32(29,30)28-26(22-11-6-3-7-12-22)25(21-9-4-2-5-10-21)27-19-23-13-8-18-31-23;1-2-4-6-5-3-1;;;/h2-18,25-26H,19H2,1H3;1-6H;1H3;1H;/q-2;;-1;;+4/p-1. The summed E-state index contributed by atoms with van der Waals surface area (Å²) in [6.45, 7) is 2.43. The fraction of sp³-hybridized carbons (Fsp3) is 0.121. The van der Waals surface area contributed by atoms with E-state index in [-0.39, 0.29) is 12.3 Å². The Morgan fingerprint density at radius 1 is 0.683 bits per heavy atom. The van der Waals surface area contributed by atoms with Crippen LogP contribution in [-0.4, -0.2) is 8.42 Å². The van der Waals surface area contributed by atoms with E-state index in [2.05, 4.69) is 14.4 Å². The molecule has 0 N–H and O–H groups in total. The summed E-state index contributed by atoms with van der Waals surface area (Å²) in [6.07, 6.45) is 0. The quantitative estimate of drug-likeness (QED) is 0.114. The zero-order valence-electron chi connectivity index (χ0n) is 22.9. The minimum Gasteiger partial charge on any atom is -0.0623 e. The Morgan fingerprint density at radius 3 is 1.61 bits per heavy atom. The number of hydrogen-bond acceptors (Lipinski definition) is 3. The van der Waals surface area contributed by atoms with Crippen molar-refractivity contribution in [3.05, 3.63) is 178 Å². The van der Waals surface area contributed by atoms with E-state index in [4.69, 9.17) is 5.32 Å². The molecule has 0 aliphatic rings. The third-order valence-corrected chi connectivity index (χ3v) is 8.08. The molecule has 5 aromatic rings. The molecule has 8 heteroatoms. The smallest absolute Gasteiger partial charge is 0.0623 e. The van der Waals surface area contributed by atoms with Gasteiger partial charge in [0.1, 0.15) is 10.0 Å². The van der Waals surface area contributed by atoms with Gasteiger partial charge in [-0.25, -0.2) is 8.42 Å². The number of thiophene rings is 1. The summed E-state index contributed by atoms with van der Waals surface area (Å²) in [5, 5.41) is 6.97. The van der Waals surface area contributed by atoms with Crippen molar-refractivity contribution in [1.82, 2.24) is 0 Å². The molecule has 1 heterocycles. The van der Waals surface area contributed by atoms with Crippen molar-refractivity contribution in [2.24, 2.45) is 0 Å². The van der Waals surface area contributed by atoms with E-state index < -0.39 is 22.1 Å². The van der Waals surface area contributed by atoms with E-state index in [1.54, 1.807) is 35.6 Å². The van der Waals surface area contributed by atoms with Crippen LogP contribution in [0.15, 0.2) is 144 Å². The van der Waals surface area contributed by atoms with Crippen LogP contribution >= 0.6 is 21.0 Å². The van der Waals surface area contributed by atoms with E-state index in [1.165, 1.54) is 0 Å². The Hall–Kier alpha value is -2.64. The van der Waals surface area contributed by atoms with Crippen molar-refractivity contribution in [3.8, 4) is 0 Å². The van der Waals surface area contributed by atoms with Crippen LogP contribution in [0.2, 0.25) is 0 Å². The molecule has 0 aliphatic carbocycles. The van der Waals surface area contributed by atoms with Crippen molar-refractivity contribution in [2.75, 3.05) is 0 Å². The van der Waals surface area contributed by atoms with Crippen molar-refractivity contribution >= 4 is 31.1 Å². The van der Waals surface area contributed by atoms with Gasteiger partial charge in [0.25, 0.3) is 0 Å². The summed E-state index contributed by atoms with van der Waals surface area (Å²) in [7, 11) is 0.687. The first-order chi connectivity index (χ1) is 19.5. The number of rotatable bonds is 9. The topological polar surface area (TPSA) is 62.3 Å². The predicted octanol–water partition coefficient (Wildman–Crippen LogP) is 10.00. The van der Waals surface area contributed by atoms with Gasteiger partial charge in [0.05, 0.1) is 0 Å². The van der Waals surface area contributed by atoms with Gasteiger partial charge in [0.2, 0.25) is 0 Å². The summed E-state index contributed by atoms with van der Waals surface area (Å²) >= 11 is 3.46. The van der Waals surface area contributed by atoms with Gasteiger partial charge in [-0.1, -0.05) is 138 Å². The van der Waals surface area contributed by atoms with Gasteiger partial charge in [0, 0.05) is 4.90 Å². The van der Waals surface area contributed by atoms with E-state index in [0.29, 0.717) is 6.54 Å². The average Bonchev–Trinajstić information content (AvgIpc) is 3.54. The second kappa shape index (κ2) is 18.7. The number of nitrogens with zero attached hydrogens (tertiary/aromatic N) is 2. The van der Waals surface area contributed by atoms with Crippen LogP contribution in [0, 0.1) is 14.4 Å². The van der Waals surface area contributed by atoms with Crippen molar-refractivity contribution in [2.45, 2.75) is 30.4 Å². The minimum atomic E-state index is -3.88. The number of sulfonamides is 1. The van der Waals surface area contributed by atoms with Gasteiger partial charge in [0.15, 0.2) is 0 Å². The van der Waals surface area contributed by atoms with Crippen LogP contribution in [-0.2, 0) is 33.9 Å². The Morgan fingerprint density at radius 2 is 1.15 bits per heavy atom. The molecule has 0 fully saturated rings. The average molecular weight is 690 g/mol. The molecule has 0 aliphatic heterocycles. The fourth-order valence-electron chi connectivity index (χ4n) is 3.89. The monoisotopic (exact) mass is 690 g/mol. The molecule has 2 unspecified atom stereocenters. The molecule has 2 atom stereocenters. The second-order valence-electron chi connectivity index (χ2n) is 8.68. The first kappa shape index (κ1) is 34.6. The van der Waals surface area contributed by atoms with Crippen LogP contribution in [0.25, 0.3) is 10.0 Å². The van der Waals surface area contributed by atoms with Crippen LogP contribution < -0.4 is 0 Å². The van der Waals surface area contributed by atoms with Crippen molar-refractivity contribution < 1.29 is 25.7 Å². The maximum atomic E-state index is 13.3. The molecule has 0 radical (unpaired) electrons. The third kappa shape index (κ3) is 11.3. The molecule has 1 aromatic heterocycles. The van der Waals surface area contributed by atoms with Crippen LogP contribution in [0.5, 0.6) is 0 Å². The summed E-state index contributed by atoms with van der Waals surface area (Å²) in [5.74, 6) is 0. The van der Waals surface area contributed by atoms with Gasteiger partial charge >= 0.3 is 27.0 Å². The molecule has 41 heavy (non-hydrogen) atoms.